The van der Waals surface area contributed by atoms with Gasteiger partial charge < -0.3 is 50.3 Å². The Morgan fingerprint density at radius 1 is 0.637 bits per heavy atom. The molecule has 8 atom stereocenters. The second kappa shape index (κ2) is 58.3. The van der Waals surface area contributed by atoms with E-state index in [1.165, 1.54) is 51.4 Å². The van der Waals surface area contributed by atoms with Gasteiger partial charge in [0.2, 0.25) is 0 Å². The number of aliphatic hydroxyl groups is 8. The second-order valence-corrected chi connectivity index (χ2v) is 21.5. The largest absolute Gasteiger partial charge is 0.465 e. The number of unbranched alkanes of at least 4 members (excludes halogenated alkanes) is 18. The number of rotatable bonds is 51. The average molecular weight is 1140 g/mol. The van der Waals surface area contributed by atoms with Crippen LogP contribution in [0.4, 0.5) is 0 Å². The minimum absolute atomic E-state index is 0.133. The molecule has 0 fully saturated rings. The van der Waals surface area contributed by atoms with Crippen LogP contribution in [0.1, 0.15) is 245 Å². The maximum atomic E-state index is 12.0. The van der Waals surface area contributed by atoms with E-state index in [1.54, 1.807) is 18.5 Å². The molecule has 464 valence electrons. The molecule has 0 spiro atoms. The number of hydrogen-bond donors (Lipinski definition) is 8. The van der Waals surface area contributed by atoms with Gasteiger partial charge in [-0.3, -0.25) is 14.3 Å². The molecule has 0 aromatic carbocycles. The van der Waals surface area contributed by atoms with Gasteiger partial charge in [0.25, 0.3) is 0 Å². The topological polar surface area (TPSA) is 294 Å². The molecule has 0 aliphatic carbocycles. The van der Waals surface area contributed by atoms with Crippen LogP contribution < -0.4 is 0 Å². The molecular formula is C62H114N6O12. The number of ether oxygens (including phenoxy) is 2. The van der Waals surface area contributed by atoms with Gasteiger partial charge in [0.1, 0.15) is 6.61 Å². The van der Waals surface area contributed by atoms with E-state index in [0.29, 0.717) is 77.7 Å². The van der Waals surface area contributed by atoms with E-state index >= 15 is 0 Å². The average Bonchev–Trinajstić information content (AvgIpc) is 3.91. The predicted octanol–water partition coefficient (Wildman–Crippen LogP) is 11.3. The van der Waals surface area contributed by atoms with Crippen LogP contribution in [0.15, 0.2) is 35.6 Å². The van der Waals surface area contributed by atoms with Crippen molar-refractivity contribution >= 4 is 11.9 Å². The third kappa shape index (κ3) is 51.0. The summed E-state index contributed by atoms with van der Waals surface area (Å²) in [6.45, 7) is 9.20. The number of aryl methyl sites for hydroxylation is 1. The Morgan fingerprint density at radius 2 is 1.09 bits per heavy atom. The molecule has 0 bridgehead atoms. The van der Waals surface area contributed by atoms with E-state index in [1.807, 2.05) is 6.20 Å². The summed E-state index contributed by atoms with van der Waals surface area (Å²) < 4.78 is 12.1. The summed E-state index contributed by atoms with van der Waals surface area (Å²) in [6.07, 6.45) is 43.5. The molecular weight excluding hydrogens is 1020 g/mol. The summed E-state index contributed by atoms with van der Waals surface area (Å²) in [4.78, 5) is 26.0. The highest BCUT2D eigenvalue weighted by Crippen LogP contribution is 2.16. The first kappa shape index (κ1) is 78.2. The highest BCUT2D eigenvalue weighted by Gasteiger charge is 2.23. The highest BCUT2D eigenvalue weighted by atomic mass is 16.5. The van der Waals surface area contributed by atoms with Crippen LogP contribution in [0, 0.1) is 24.2 Å². The normalized spacial score (nSPS) is 14.3. The van der Waals surface area contributed by atoms with Crippen LogP contribution in [0.2, 0.25) is 0 Å². The molecule has 1 heterocycles. The van der Waals surface area contributed by atoms with Crippen molar-refractivity contribution in [3.8, 4) is 12.3 Å². The zero-order valence-corrected chi connectivity index (χ0v) is 50.3. The lowest BCUT2D eigenvalue weighted by atomic mass is 9.97. The van der Waals surface area contributed by atoms with Crippen molar-refractivity contribution in [1.82, 2.24) is 15.0 Å². The van der Waals surface area contributed by atoms with Crippen molar-refractivity contribution in [2.75, 3.05) is 33.0 Å². The first-order chi connectivity index (χ1) is 38.7. The molecule has 0 amide bonds. The number of aromatic nitrogens is 3. The van der Waals surface area contributed by atoms with Gasteiger partial charge in [-0.05, 0) is 102 Å². The van der Waals surface area contributed by atoms with Crippen molar-refractivity contribution in [3.63, 3.8) is 0 Å². The molecule has 4 unspecified atom stereocenters. The van der Waals surface area contributed by atoms with Crippen molar-refractivity contribution in [2.45, 2.75) is 289 Å². The summed E-state index contributed by atoms with van der Waals surface area (Å²) in [5.74, 6) is 1.48. The zero-order valence-electron chi connectivity index (χ0n) is 50.3. The number of carbonyl (C=O) groups excluding carboxylic acids is 2. The van der Waals surface area contributed by atoms with E-state index in [2.05, 4.69) is 64.4 Å². The predicted molar refractivity (Wildman–Crippen MR) is 319 cm³/mol. The van der Waals surface area contributed by atoms with Gasteiger partial charge in [-0.25, -0.2) is 0 Å². The van der Waals surface area contributed by atoms with Gasteiger partial charge in [-0.15, -0.1) is 17.4 Å². The first-order valence-electron chi connectivity index (χ1n) is 30.9. The van der Waals surface area contributed by atoms with Gasteiger partial charge in [-0.2, -0.15) is 0 Å². The monoisotopic (exact) mass is 1130 g/mol. The van der Waals surface area contributed by atoms with E-state index in [-0.39, 0.29) is 49.2 Å². The third-order valence-electron chi connectivity index (χ3n) is 13.9. The fourth-order valence-electron chi connectivity index (χ4n) is 8.44. The van der Waals surface area contributed by atoms with Gasteiger partial charge in [0.15, 0.2) is 0 Å². The lowest BCUT2D eigenvalue weighted by Gasteiger charge is -2.22. The zero-order chi connectivity index (χ0) is 59.7. The number of terminal acetylenes is 1. The first-order valence-corrected chi connectivity index (χ1v) is 30.9. The van der Waals surface area contributed by atoms with Gasteiger partial charge in [-0.1, -0.05) is 159 Å². The summed E-state index contributed by atoms with van der Waals surface area (Å²) in [6, 6.07) is 0. The van der Waals surface area contributed by atoms with Crippen LogP contribution in [0.5, 0.6) is 0 Å². The molecule has 0 saturated heterocycles. The Labute approximate surface area is 483 Å². The summed E-state index contributed by atoms with van der Waals surface area (Å²) in [5.41, 5.74) is 8.78. The molecule has 1 rings (SSSR count). The van der Waals surface area contributed by atoms with Crippen molar-refractivity contribution in [3.05, 3.63) is 46.6 Å². The van der Waals surface area contributed by atoms with E-state index in [0.717, 1.165) is 121 Å². The Hall–Kier alpha value is -3.89. The molecule has 18 nitrogen and oxygen atoms in total. The van der Waals surface area contributed by atoms with Gasteiger partial charge >= 0.3 is 11.9 Å². The number of allylic oxidation sites excluding steroid dienone is 2. The van der Waals surface area contributed by atoms with Gasteiger partial charge in [0.05, 0.1) is 48.9 Å². The van der Waals surface area contributed by atoms with Crippen LogP contribution >= 0.6 is 0 Å². The number of aliphatic hydroxyl groups excluding tert-OH is 8. The summed E-state index contributed by atoms with van der Waals surface area (Å²) in [7, 11) is 0. The van der Waals surface area contributed by atoms with Gasteiger partial charge in [0, 0.05) is 74.9 Å². The van der Waals surface area contributed by atoms with E-state index in [4.69, 9.17) is 31.6 Å². The van der Waals surface area contributed by atoms with Crippen molar-refractivity contribution in [2.24, 2.45) is 17.0 Å². The van der Waals surface area contributed by atoms with Crippen molar-refractivity contribution in [1.29, 1.82) is 0 Å². The Morgan fingerprint density at radius 3 is 1.56 bits per heavy atom. The molecule has 0 aliphatic heterocycles. The quantitative estimate of drug-likeness (QED) is 0.00573. The molecule has 18 heteroatoms. The standard InChI is InChI=1S/C31H57N3O6.C22H38O3.C9H19N3O3/c1-3-4-5-12-17-28(36)18-13-10-8-6-7-9-11-14-20-30(38)40-23-21-27-24-34(33-32-27)22-16-15-19-29(37)31(39)26(2)25-35;1-3-5-7-14-17-21(23)18-15-12-10-8-9-11-13-16-19-22(24)25-20-6-4-2;1-7(6-13)9(15)8(14)4-2-3-5-11-12-10/h10,13,24,26,28-29,31,35-37,39H,3-9,11-12,14-23,25H2,1-2H3;2,12,15,21,23H,3,5-11,13-14,16-20H2,1H3;7-9,13-15H,2-6H2,1H3/b13-10-;15-12-;/t26-,28?,29?,31+;;7-,8?,9+/m1.1/s1. The Kier molecular flexibility index (Phi) is 57.0. The SMILES string of the molecule is C#CCCOC(=O)CCCCCCC/C=C\CC(O)CCCCCC.CCCCCCC(O)C/C=C\CCCCCCCC(=O)OCCc1cn(CCCCC(O)[C@@H](O)[C@H](C)CO)nn1.C[C@H](CO)[C@H](O)C(O)CCCCN=[N+]=[N-]. The van der Waals surface area contributed by atoms with Crippen LogP contribution in [0.25, 0.3) is 10.4 Å². The Balaban J connectivity index is 0. The fraction of sp³-hybridized carbons (Fsp3) is 0.839. The van der Waals surface area contributed by atoms with Crippen LogP contribution in [-0.2, 0) is 32.0 Å². The number of hydrogen-bond acceptors (Lipinski definition) is 15. The number of azide groups is 1. The molecule has 8 N–H and O–H groups in total. The maximum Gasteiger partial charge on any atom is 0.305 e. The molecule has 80 heavy (non-hydrogen) atoms. The Bertz CT molecular complexity index is 1700. The molecule has 0 aliphatic rings. The number of esters is 2. The second-order valence-electron chi connectivity index (χ2n) is 21.5. The lowest BCUT2D eigenvalue weighted by molar-refractivity contribution is -0.144. The smallest absolute Gasteiger partial charge is 0.305 e. The number of carbonyl (C=O) groups is 2. The minimum atomic E-state index is -0.917. The summed E-state index contributed by atoms with van der Waals surface area (Å²) >= 11 is 0. The summed E-state index contributed by atoms with van der Waals surface area (Å²) in [5, 5.41) is 88.2. The number of nitrogens with zero attached hydrogens (tertiary/aromatic N) is 6. The van der Waals surface area contributed by atoms with Crippen LogP contribution in [-0.4, -0.2) is 137 Å². The molecule has 0 saturated carbocycles. The minimum Gasteiger partial charge on any atom is -0.465 e. The van der Waals surface area contributed by atoms with Crippen LogP contribution in [0.3, 0.4) is 0 Å². The fourth-order valence-corrected chi connectivity index (χ4v) is 8.44. The molecule has 0 radical (unpaired) electrons. The third-order valence-corrected chi connectivity index (χ3v) is 13.9. The van der Waals surface area contributed by atoms with E-state index in [9.17, 15) is 40.2 Å². The maximum absolute atomic E-state index is 12.0. The lowest BCUT2D eigenvalue weighted by Crippen LogP contribution is -2.33. The van der Waals surface area contributed by atoms with E-state index < -0.39 is 24.4 Å². The molecule has 1 aromatic rings. The van der Waals surface area contributed by atoms with Crippen molar-refractivity contribution < 1.29 is 59.9 Å². The highest BCUT2D eigenvalue weighted by molar-refractivity contribution is 5.69. The molecule has 1 aromatic heterocycles.